The standard InChI is InChI=1S/C26H39N5O5Si/c1-26(2,3)36-25(34)28-12-10-19(17-28)31-22-9-7-8-21(20(22)16-27-31)29-13-11-23(32)30(24(29)33)18-35-14-15-37(4,5)6/h7-9,16,19H,10-15,17-18H2,1-6H3/t19-/m1/s1. The molecule has 2 fully saturated rings. The first kappa shape index (κ1) is 27.1. The number of benzene rings is 1. The van der Waals surface area contributed by atoms with Gasteiger partial charge in [0.1, 0.15) is 12.3 Å². The lowest BCUT2D eigenvalue weighted by atomic mass is 10.1. The number of fused-ring (bicyclic) bond motifs is 1. The minimum Gasteiger partial charge on any atom is -0.444 e. The molecule has 4 rings (SSSR count). The highest BCUT2D eigenvalue weighted by Gasteiger charge is 2.35. The summed E-state index contributed by atoms with van der Waals surface area (Å²) >= 11 is 0. The number of imide groups is 1. The number of amides is 4. The molecule has 0 spiro atoms. The molecule has 3 heterocycles. The summed E-state index contributed by atoms with van der Waals surface area (Å²) < 4.78 is 13.2. The Balaban J connectivity index is 1.49. The van der Waals surface area contributed by atoms with Crippen LogP contribution in [0.3, 0.4) is 0 Å². The maximum atomic E-state index is 13.3. The van der Waals surface area contributed by atoms with E-state index in [4.69, 9.17) is 9.47 Å². The molecule has 10 nitrogen and oxygen atoms in total. The lowest BCUT2D eigenvalue weighted by molar-refractivity contribution is -0.133. The zero-order chi connectivity index (χ0) is 27.0. The van der Waals surface area contributed by atoms with Crippen molar-refractivity contribution in [3.63, 3.8) is 0 Å². The SMILES string of the molecule is CC(C)(C)OC(=O)N1CC[C@@H](n2ncc3c(N4CCC(=O)N(COCC[Si](C)(C)C)C4=O)cccc32)C1. The monoisotopic (exact) mass is 529 g/mol. The molecule has 1 aromatic carbocycles. The van der Waals surface area contributed by atoms with Crippen molar-refractivity contribution in [2.75, 3.05) is 37.9 Å². The molecule has 2 saturated heterocycles. The van der Waals surface area contributed by atoms with E-state index in [1.54, 1.807) is 16.0 Å². The number of hydrogen-bond donors (Lipinski definition) is 0. The summed E-state index contributed by atoms with van der Waals surface area (Å²) in [5, 5.41) is 5.48. The summed E-state index contributed by atoms with van der Waals surface area (Å²) in [5.74, 6) is -0.217. The third-order valence-electron chi connectivity index (χ3n) is 6.60. The van der Waals surface area contributed by atoms with Crippen LogP contribution in [0.2, 0.25) is 25.7 Å². The van der Waals surface area contributed by atoms with Gasteiger partial charge in [-0.3, -0.25) is 14.4 Å². The molecular weight excluding hydrogens is 490 g/mol. The van der Waals surface area contributed by atoms with Crippen molar-refractivity contribution in [2.45, 2.75) is 70.9 Å². The van der Waals surface area contributed by atoms with E-state index in [0.29, 0.717) is 26.2 Å². The smallest absolute Gasteiger partial charge is 0.410 e. The van der Waals surface area contributed by atoms with Crippen molar-refractivity contribution < 1.29 is 23.9 Å². The molecule has 4 amide bonds. The number of nitrogens with zero attached hydrogens (tertiary/aromatic N) is 5. The number of hydrogen-bond acceptors (Lipinski definition) is 6. The van der Waals surface area contributed by atoms with Crippen LogP contribution in [0.5, 0.6) is 0 Å². The van der Waals surface area contributed by atoms with Crippen LogP contribution in [0.25, 0.3) is 10.9 Å². The Hall–Kier alpha value is -2.92. The molecule has 0 N–H and O–H groups in total. The molecular formula is C26H39N5O5Si. The molecule has 0 unspecified atom stereocenters. The van der Waals surface area contributed by atoms with E-state index in [-0.39, 0.29) is 37.2 Å². The van der Waals surface area contributed by atoms with Crippen LogP contribution in [-0.4, -0.2) is 84.3 Å². The fourth-order valence-electron chi connectivity index (χ4n) is 4.59. The van der Waals surface area contributed by atoms with Gasteiger partial charge in [0.2, 0.25) is 5.91 Å². The zero-order valence-corrected chi connectivity index (χ0v) is 23.8. The second-order valence-corrected chi connectivity index (χ2v) is 17.6. The maximum Gasteiger partial charge on any atom is 0.410 e. The summed E-state index contributed by atoms with van der Waals surface area (Å²) in [6, 6.07) is 6.36. The highest BCUT2D eigenvalue weighted by Crippen LogP contribution is 2.33. The van der Waals surface area contributed by atoms with Crippen molar-refractivity contribution in [2.24, 2.45) is 0 Å². The number of likely N-dealkylation sites (tertiary alicyclic amines) is 1. The van der Waals surface area contributed by atoms with E-state index in [1.807, 2.05) is 43.7 Å². The highest BCUT2D eigenvalue weighted by atomic mass is 28.3. The van der Waals surface area contributed by atoms with E-state index in [0.717, 1.165) is 29.1 Å². The van der Waals surface area contributed by atoms with Crippen LogP contribution in [0, 0.1) is 0 Å². The van der Waals surface area contributed by atoms with E-state index < -0.39 is 13.7 Å². The molecule has 2 aliphatic rings. The maximum absolute atomic E-state index is 13.3. The van der Waals surface area contributed by atoms with Gasteiger partial charge in [0.05, 0.1) is 23.4 Å². The lowest BCUT2D eigenvalue weighted by Gasteiger charge is -2.34. The third-order valence-corrected chi connectivity index (χ3v) is 8.30. The Kier molecular flexibility index (Phi) is 7.66. The number of urea groups is 1. The molecule has 0 saturated carbocycles. The number of carbonyl (C=O) groups is 3. The van der Waals surface area contributed by atoms with E-state index in [1.165, 1.54) is 4.90 Å². The van der Waals surface area contributed by atoms with Gasteiger partial charge in [-0.1, -0.05) is 25.7 Å². The van der Waals surface area contributed by atoms with Gasteiger partial charge in [-0.05, 0) is 45.4 Å². The van der Waals surface area contributed by atoms with E-state index in [2.05, 4.69) is 24.7 Å². The predicted molar refractivity (Wildman–Crippen MR) is 144 cm³/mol. The van der Waals surface area contributed by atoms with Crippen LogP contribution in [0.15, 0.2) is 24.4 Å². The predicted octanol–water partition coefficient (Wildman–Crippen LogP) is 4.69. The lowest BCUT2D eigenvalue weighted by Crippen LogP contribution is -2.53. The summed E-state index contributed by atoms with van der Waals surface area (Å²) in [5.41, 5.74) is 1.06. The van der Waals surface area contributed by atoms with Gasteiger partial charge in [-0.2, -0.15) is 5.10 Å². The van der Waals surface area contributed by atoms with Crippen LogP contribution in [0.4, 0.5) is 15.3 Å². The topological polar surface area (TPSA) is 97.2 Å². The Labute approximate surface area is 219 Å². The van der Waals surface area contributed by atoms with Gasteiger partial charge in [0, 0.05) is 46.1 Å². The molecule has 11 heteroatoms. The van der Waals surface area contributed by atoms with Gasteiger partial charge in [-0.15, -0.1) is 0 Å². The molecule has 0 bridgehead atoms. The molecule has 1 aromatic heterocycles. The van der Waals surface area contributed by atoms with Crippen molar-refractivity contribution >= 4 is 42.7 Å². The molecule has 0 radical (unpaired) electrons. The number of rotatable bonds is 7. The first-order chi connectivity index (χ1) is 17.3. The summed E-state index contributed by atoms with van der Waals surface area (Å²) in [6.45, 7) is 14.3. The number of aromatic nitrogens is 2. The van der Waals surface area contributed by atoms with Crippen molar-refractivity contribution in [1.29, 1.82) is 0 Å². The van der Waals surface area contributed by atoms with Gasteiger partial charge >= 0.3 is 12.1 Å². The van der Waals surface area contributed by atoms with Crippen LogP contribution >= 0.6 is 0 Å². The summed E-state index contributed by atoms with van der Waals surface area (Å²) in [4.78, 5) is 43.0. The minimum atomic E-state index is -1.27. The van der Waals surface area contributed by atoms with E-state index >= 15 is 0 Å². The zero-order valence-electron chi connectivity index (χ0n) is 22.8. The normalized spacial score (nSPS) is 19.3. The second kappa shape index (κ2) is 10.4. The molecule has 1 atom stereocenters. The second-order valence-electron chi connectivity index (χ2n) is 12.0. The molecule has 0 aliphatic carbocycles. The third kappa shape index (κ3) is 6.32. The van der Waals surface area contributed by atoms with Crippen LogP contribution in [0.1, 0.15) is 39.7 Å². The molecule has 202 valence electrons. The van der Waals surface area contributed by atoms with Gasteiger partial charge in [0.15, 0.2) is 0 Å². The van der Waals surface area contributed by atoms with Crippen molar-refractivity contribution in [1.82, 2.24) is 19.6 Å². The molecule has 37 heavy (non-hydrogen) atoms. The van der Waals surface area contributed by atoms with Crippen molar-refractivity contribution in [3.8, 4) is 0 Å². The van der Waals surface area contributed by atoms with Crippen LogP contribution < -0.4 is 4.90 Å². The number of carbonyl (C=O) groups excluding carboxylic acids is 3. The minimum absolute atomic E-state index is 0.00942. The first-order valence-corrected chi connectivity index (χ1v) is 16.7. The first-order valence-electron chi connectivity index (χ1n) is 13.0. The largest absolute Gasteiger partial charge is 0.444 e. The highest BCUT2D eigenvalue weighted by molar-refractivity contribution is 6.76. The Bertz CT molecular complexity index is 1170. The summed E-state index contributed by atoms with van der Waals surface area (Å²) in [7, 11) is -1.27. The quantitative estimate of drug-likeness (QED) is 0.381. The Morgan fingerprint density at radius 2 is 1.92 bits per heavy atom. The fourth-order valence-corrected chi connectivity index (χ4v) is 5.35. The molecule has 2 aromatic rings. The average Bonchev–Trinajstić information content (AvgIpc) is 3.44. The average molecular weight is 530 g/mol. The van der Waals surface area contributed by atoms with Crippen molar-refractivity contribution in [3.05, 3.63) is 24.4 Å². The summed E-state index contributed by atoms with van der Waals surface area (Å²) in [6.07, 6.45) is 2.45. The Morgan fingerprint density at radius 1 is 1.16 bits per heavy atom. The van der Waals surface area contributed by atoms with E-state index in [9.17, 15) is 14.4 Å². The number of ether oxygens (including phenoxy) is 2. The fraction of sp³-hybridized carbons (Fsp3) is 0.615. The van der Waals surface area contributed by atoms with Gasteiger partial charge < -0.3 is 14.4 Å². The van der Waals surface area contributed by atoms with Crippen LogP contribution in [-0.2, 0) is 14.3 Å². The van der Waals surface area contributed by atoms with Gasteiger partial charge in [-0.25, -0.2) is 14.5 Å². The molecule has 2 aliphatic heterocycles. The Morgan fingerprint density at radius 3 is 2.62 bits per heavy atom. The van der Waals surface area contributed by atoms with Gasteiger partial charge in [0.25, 0.3) is 0 Å². The number of anilines is 1.